The van der Waals surface area contributed by atoms with Crippen molar-refractivity contribution in [3.63, 3.8) is 0 Å². The number of aliphatic hydroxyl groups is 1. The van der Waals surface area contributed by atoms with E-state index in [1.165, 1.54) is 6.08 Å². The second-order valence-corrected chi connectivity index (χ2v) is 6.44. The van der Waals surface area contributed by atoms with E-state index in [1.807, 2.05) is 4.90 Å². The summed E-state index contributed by atoms with van der Waals surface area (Å²) in [4.78, 5) is 1.88. The van der Waals surface area contributed by atoms with E-state index in [4.69, 9.17) is 21.7 Å². The Balaban J connectivity index is 0.00000312. The summed E-state index contributed by atoms with van der Waals surface area (Å²) in [6.45, 7) is 3.09. The van der Waals surface area contributed by atoms with Crippen LogP contribution in [0.15, 0.2) is 23.8 Å². The molecule has 1 aliphatic heterocycles. The number of ether oxygens (including phenoxy) is 1. The minimum Gasteiger partial charge on any atom is -0.385 e. The fraction of sp³-hybridized carbons (Fsp3) is 0.688. The van der Waals surface area contributed by atoms with Gasteiger partial charge in [0.25, 0.3) is 0 Å². The van der Waals surface area contributed by atoms with Crippen LogP contribution in [0.25, 0.3) is 0 Å². The normalized spacial score (nSPS) is 28.9. The maximum absolute atomic E-state index is 13.9. The van der Waals surface area contributed by atoms with Gasteiger partial charge in [0.05, 0.1) is 0 Å². The first-order valence-corrected chi connectivity index (χ1v) is 8.41. The molecule has 144 valence electrons. The zero-order valence-electron chi connectivity index (χ0n) is 13.9. The molecule has 0 saturated carbocycles. The van der Waals surface area contributed by atoms with Crippen molar-refractivity contribution in [2.45, 2.75) is 56.7 Å². The van der Waals surface area contributed by atoms with Gasteiger partial charge in [-0.3, -0.25) is 10.3 Å². The standard InChI is InChI=1S/C16H22ClF3N2O2.ClH/c1-2-12(22-9-4-3-5-10-22)24-15(16(18,19)20)8-6-7-11(13(15)23)14(17)21;/h6-8,12-13,21,23H,2-5,9-10H2,1H3;1H. The van der Waals surface area contributed by atoms with Crippen LogP contribution in [0.1, 0.15) is 32.6 Å². The minimum absolute atomic E-state index is 0. The van der Waals surface area contributed by atoms with Gasteiger partial charge < -0.3 is 9.84 Å². The van der Waals surface area contributed by atoms with Gasteiger partial charge in [0.2, 0.25) is 5.60 Å². The van der Waals surface area contributed by atoms with Crippen LogP contribution in [0.3, 0.4) is 0 Å². The second-order valence-electron chi connectivity index (χ2n) is 6.07. The molecular weight excluding hydrogens is 380 g/mol. The number of allylic oxidation sites excluding steroid dienone is 2. The Morgan fingerprint density at radius 2 is 2.04 bits per heavy atom. The van der Waals surface area contributed by atoms with Crippen LogP contribution in [0.5, 0.6) is 0 Å². The van der Waals surface area contributed by atoms with Crippen molar-refractivity contribution < 1.29 is 23.0 Å². The number of piperidine rings is 1. The number of nitrogens with one attached hydrogen (secondary N) is 1. The van der Waals surface area contributed by atoms with Gasteiger partial charge in [0.15, 0.2) is 0 Å². The zero-order valence-corrected chi connectivity index (χ0v) is 15.4. The lowest BCUT2D eigenvalue weighted by atomic mass is 9.85. The molecule has 0 aromatic carbocycles. The first kappa shape index (κ1) is 22.4. The summed E-state index contributed by atoms with van der Waals surface area (Å²) in [7, 11) is 0. The molecule has 0 amide bonds. The van der Waals surface area contributed by atoms with Crippen molar-refractivity contribution in [3.05, 3.63) is 23.8 Å². The summed E-state index contributed by atoms with van der Waals surface area (Å²) in [6, 6.07) is 0. The van der Waals surface area contributed by atoms with Crippen LogP contribution in [0, 0.1) is 5.41 Å². The fourth-order valence-electron chi connectivity index (χ4n) is 3.17. The van der Waals surface area contributed by atoms with Crippen molar-refractivity contribution in [2.75, 3.05) is 13.1 Å². The number of nitrogens with zero attached hydrogens (tertiary/aromatic N) is 1. The Bertz CT molecular complexity index is 534. The molecule has 1 heterocycles. The molecule has 0 aromatic heterocycles. The Labute approximate surface area is 156 Å². The summed E-state index contributed by atoms with van der Waals surface area (Å²) in [5.74, 6) is 0. The molecule has 0 bridgehead atoms. The molecular formula is C16H23Cl2F3N2O2. The zero-order chi connectivity index (χ0) is 18.0. The fourth-order valence-corrected chi connectivity index (χ4v) is 3.34. The number of hydrogen-bond donors (Lipinski definition) is 2. The molecule has 0 spiro atoms. The van der Waals surface area contributed by atoms with Crippen LogP contribution in [-0.2, 0) is 4.74 Å². The number of likely N-dealkylation sites (tertiary alicyclic amines) is 1. The largest absolute Gasteiger partial charge is 0.424 e. The van der Waals surface area contributed by atoms with E-state index in [0.717, 1.165) is 31.4 Å². The minimum atomic E-state index is -4.85. The molecule has 0 radical (unpaired) electrons. The van der Waals surface area contributed by atoms with Crippen LogP contribution < -0.4 is 0 Å². The van der Waals surface area contributed by atoms with Gasteiger partial charge in [-0.2, -0.15) is 13.2 Å². The van der Waals surface area contributed by atoms with Crippen molar-refractivity contribution in [2.24, 2.45) is 0 Å². The van der Waals surface area contributed by atoms with Crippen LogP contribution in [0.2, 0.25) is 0 Å². The van der Waals surface area contributed by atoms with E-state index in [0.29, 0.717) is 19.5 Å². The molecule has 1 fully saturated rings. The average Bonchev–Trinajstić information content (AvgIpc) is 2.53. The van der Waals surface area contributed by atoms with Gasteiger partial charge in [0, 0.05) is 18.7 Å². The number of alkyl halides is 3. The lowest BCUT2D eigenvalue weighted by molar-refractivity contribution is -0.308. The predicted octanol–water partition coefficient (Wildman–Crippen LogP) is 4.02. The summed E-state index contributed by atoms with van der Waals surface area (Å²) in [5, 5.41) is 17.1. The quantitative estimate of drug-likeness (QED) is 0.682. The monoisotopic (exact) mass is 402 g/mol. The van der Waals surface area contributed by atoms with Gasteiger partial charge >= 0.3 is 6.18 Å². The lowest BCUT2D eigenvalue weighted by Crippen LogP contribution is -2.60. The molecule has 9 heteroatoms. The summed E-state index contributed by atoms with van der Waals surface area (Å²) in [5.41, 5.74) is -3.21. The highest BCUT2D eigenvalue weighted by atomic mass is 35.5. The number of hydrogen-bond acceptors (Lipinski definition) is 4. The van der Waals surface area contributed by atoms with Crippen molar-refractivity contribution >= 4 is 29.2 Å². The number of halogens is 5. The molecule has 3 unspecified atom stereocenters. The second kappa shape index (κ2) is 8.86. The maximum Gasteiger partial charge on any atom is 0.424 e. The van der Waals surface area contributed by atoms with Gasteiger partial charge in [-0.25, -0.2) is 0 Å². The Kier molecular flexibility index (Phi) is 7.95. The molecule has 0 aromatic rings. The van der Waals surface area contributed by atoms with Crippen molar-refractivity contribution in [1.82, 2.24) is 4.90 Å². The highest BCUT2D eigenvalue weighted by Crippen LogP contribution is 2.43. The first-order chi connectivity index (χ1) is 11.2. The summed E-state index contributed by atoms with van der Waals surface area (Å²) >= 11 is 5.54. The third kappa shape index (κ3) is 4.57. The van der Waals surface area contributed by atoms with Crippen molar-refractivity contribution in [1.29, 1.82) is 5.41 Å². The molecule has 4 nitrogen and oxygen atoms in total. The maximum atomic E-state index is 13.9. The molecule has 2 rings (SSSR count). The van der Waals surface area contributed by atoms with Gasteiger partial charge in [-0.15, -0.1) is 12.4 Å². The van der Waals surface area contributed by atoms with E-state index in [9.17, 15) is 18.3 Å². The van der Waals surface area contributed by atoms with E-state index >= 15 is 0 Å². The smallest absolute Gasteiger partial charge is 0.385 e. The Hall–Kier alpha value is -0.600. The Morgan fingerprint density at radius 1 is 1.44 bits per heavy atom. The van der Waals surface area contributed by atoms with Gasteiger partial charge in [-0.1, -0.05) is 37.1 Å². The third-order valence-corrected chi connectivity index (χ3v) is 4.71. The summed E-state index contributed by atoms with van der Waals surface area (Å²) in [6.07, 6.45) is -1.31. The third-order valence-electron chi connectivity index (χ3n) is 4.50. The topological polar surface area (TPSA) is 56.6 Å². The number of rotatable bonds is 5. The first-order valence-electron chi connectivity index (χ1n) is 8.03. The average molecular weight is 403 g/mol. The van der Waals surface area contributed by atoms with Crippen LogP contribution >= 0.6 is 24.0 Å². The molecule has 2 aliphatic rings. The SMILES string of the molecule is CCC(OC1(C(F)(F)F)C=CC=C(C(=N)Cl)C1O)N1CCCCC1.Cl. The molecule has 3 atom stereocenters. The number of aliphatic hydroxyl groups excluding tert-OH is 1. The van der Waals surface area contributed by atoms with Gasteiger partial charge in [-0.05, 0) is 25.3 Å². The van der Waals surface area contributed by atoms with E-state index < -0.39 is 29.3 Å². The van der Waals surface area contributed by atoms with Crippen molar-refractivity contribution in [3.8, 4) is 0 Å². The highest BCUT2D eigenvalue weighted by molar-refractivity contribution is 6.68. The molecule has 1 saturated heterocycles. The van der Waals surface area contributed by atoms with E-state index in [-0.39, 0.29) is 18.0 Å². The molecule has 25 heavy (non-hydrogen) atoms. The predicted molar refractivity (Wildman–Crippen MR) is 93.4 cm³/mol. The molecule has 1 aliphatic carbocycles. The van der Waals surface area contributed by atoms with E-state index in [1.54, 1.807) is 6.92 Å². The summed E-state index contributed by atoms with van der Waals surface area (Å²) < 4.78 is 47.0. The van der Waals surface area contributed by atoms with Gasteiger partial charge in [0.1, 0.15) is 17.5 Å². The van der Waals surface area contributed by atoms with Crippen LogP contribution in [0.4, 0.5) is 13.2 Å². The Morgan fingerprint density at radius 3 is 2.52 bits per heavy atom. The highest BCUT2D eigenvalue weighted by Gasteiger charge is 2.62. The molecule has 2 N–H and O–H groups in total. The lowest BCUT2D eigenvalue weighted by Gasteiger charge is -2.44. The van der Waals surface area contributed by atoms with Crippen LogP contribution in [-0.4, -0.2) is 52.4 Å². The van der Waals surface area contributed by atoms with E-state index in [2.05, 4.69) is 0 Å².